The summed E-state index contributed by atoms with van der Waals surface area (Å²) in [4.78, 5) is 24.7. The van der Waals surface area contributed by atoms with Gasteiger partial charge in [-0.3, -0.25) is 15.0 Å². The molecular formula is C16H18BrN3O3. The molecule has 2 aliphatic heterocycles. The first kappa shape index (κ1) is 16.0. The maximum absolute atomic E-state index is 12.5. The first-order valence-electron chi connectivity index (χ1n) is 7.43. The molecule has 0 spiro atoms. The number of fused-ring (bicyclic) bond motifs is 1. The molecule has 1 fully saturated rings. The highest BCUT2D eigenvalue weighted by molar-refractivity contribution is 9.10. The Kier molecular flexibility index (Phi) is 3.93. The third-order valence-corrected chi connectivity index (χ3v) is 5.38. The predicted molar refractivity (Wildman–Crippen MR) is 89.7 cm³/mol. The Bertz CT molecular complexity index is 731. The molecule has 6 nitrogen and oxygen atoms in total. The van der Waals surface area contributed by atoms with Crippen molar-refractivity contribution in [3.8, 4) is 0 Å². The van der Waals surface area contributed by atoms with Crippen LogP contribution in [0.1, 0.15) is 25.3 Å². The van der Waals surface area contributed by atoms with Gasteiger partial charge in [-0.05, 0) is 50.5 Å². The standard InChI is InChI=1S/C16H18BrN3O3/c1-9-8-10(4-5-11(9)17)18-14(22)12-13(21)16(2)6-3-7-20(16)19-15(12)23/h4-5,8,21H,3,6-7H2,1-2H3,(H,18,22)(H,19,23). The number of nitrogens with zero attached hydrogens (tertiary/aromatic N) is 1. The van der Waals surface area contributed by atoms with Crippen LogP contribution < -0.4 is 10.7 Å². The van der Waals surface area contributed by atoms with Gasteiger partial charge in [0.25, 0.3) is 11.8 Å². The van der Waals surface area contributed by atoms with Crippen LogP contribution in [0.5, 0.6) is 0 Å². The average Bonchev–Trinajstić information content (AvgIpc) is 2.85. The van der Waals surface area contributed by atoms with Crippen LogP contribution in [0.3, 0.4) is 0 Å². The van der Waals surface area contributed by atoms with Gasteiger partial charge < -0.3 is 10.4 Å². The Morgan fingerprint density at radius 1 is 1.48 bits per heavy atom. The molecule has 122 valence electrons. The number of aryl methyl sites for hydroxylation is 1. The van der Waals surface area contributed by atoms with Gasteiger partial charge in [-0.1, -0.05) is 15.9 Å². The van der Waals surface area contributed by atoms with Gasteiger partial charge in [-0.15, -0.1) is 0 Å². The lowest BCUT2D eigenvalue weighted by atomic mass is 9.91. The van der Waals surface area contributed by atoms with E-state index < -0.39 is 17.4 Å². The SMILES string of the molecule is Cc1cc(NC(=O)C2=C(O)C3(C)CCCN3NC2=O)ccc1Br. The predicted octanol–water partition coefficient (Wildman–Crippen LogP) is 2.41. The number of benzene rings is 1. The molecule has 1 unspecified atom stereocenters. The zero-order valence-corrected chi connectivity index (χ0v) is 14.5. The summed E-state index contributed by atoms with van der Waals surface area (Å²) in [6, 6.07) is 5.35. The molecule has 1 atom stereocenters. The number of hydrazine groups is 1. The smallest absolute Gasteiger partial charge is 0.274 e. The molecule has 7 heteroatoms. The van der Waals surface area contributed by atoms with Crippen molar-refractivity contribution in [1.29, 1.82) is 0 Å². The van der Waals surface area contributed by atoms with E-state index >= 15 is 0 Å². The van der Waals surface area contributed by atoms with Crippen LogP contribution >= 0.6 is 15.9 Å². The van der Waals surface area contributed by atoms with Gasteiger partial charge in [0.15, 0.2) is 0 Å². The Balaban J connectivity index is 1.91. The third-order valence-electron chi connectivity index (χ3n) is 4.49. The largest absolute Gasteiger partial charge is 0.509 e. The van der Waals surface area contributed by atoms with Crippen molar-refractivity contribution in [3.05, 3.63) is 39.6 Å². The number of aliphatic hydroxyl groups is 1. The Hall–Kier alpha value is -1.86. The van der Waals surface area contributed by atoms with Crippen LogP contribution in [0.15, 0.2) is 34.0 Å². The number of halogens is 1. The number of hydrogen-bond acceptors (Lipinski definition) is 4. The maximum Gasteiger partial charge on any atom is 0.274 e. The second kappa shape index (κ2) is 5.65. The van der Waals surface area contributed by atoms with Crippen LogP contribution in [-0.2, 0) is 9.59 Å². The maximum atomic E-state index is 12.5. The lowest BCUT2D eigenvalue weighted by Crippen LogP contribution is -2.58. The minimum absolute atomic E-state index is 0.162. The van der Waals surface area contributed by atoms with Crippen LogP contribution in [0, 0.1) is 6.92 Å². The number of anilines is 1. The molecule has 3 rings (SSSR count). The fraction of sp³-hybridized carbons (Fsp3) is 0.375. The molecule has 2 heterocycles. The van der Waals surface area contributed by atoms with Gasteiger partial charge >= 0.3 is 0 Å². The summed E-state index contributed by atoms with van der Waals surface area (Å²) in [5, 5.41) is 14.9. The normalized spacial score (nSPS) is 24.4. The molecular weight excluding hydrogens is 362 g/mol. The number of amides is 2. The zero-order chi connectivity index (χ0) is 16.8. The Morgan fingerprint density at radius 2 is 2.22 bits per heavy atom. The molecule has 1 saturated heterocycles. The summed E-state index contributed by atoms with van der Waals surface area (Å²) in [6.07, 6.45) is 1.54. The van der Waals surface area contributed by atoms with Crippen molar-refractivity contribution in [3.63, 3.8) is 0 Å². The van der Waals surface area contributed by atoms with Gasteiger partial charge in [0, 0.05) is 16.7 Å². The van der Waals surface area contributed by atoms with Gasteiger partial charge in [-0.2, -0.15) is 0 Å². The summed E-state index contributed by atoms with van der Waals surface area (Å²) in [6.45, 7) is 4.39. The van der Waals surface area contributed by atoms with Gasteiger partial charge in [0.1, 0.15) is 11.3 Å². The van der Waals surface area contributed by atoms with E-state index in [1.165, 1.54) is 0 Å². The van der Waals surface area contributed by atoms with Crippen molar-refractivity contribution in [2.24, 2.45) is 0 Å². The van der Waals surface area contributed by atoms with Crippen LogP contribution in [0.25, 0.3) is 0 Å². The van der Waals surface area contributed by atoms with Crippen molar-refractivity contribution in [2.75, 3.05) is 11.9 Å². The highest BCUT2D eigenvalue weighted by atomic mass is 79.9. The molecule has 1 aromatic carbocycles. The Morgan fingerprint density at radius 3 is 2.91 bits per heavy atom. The van der Waals surface area contributed by atoms with E-state index in [2.05, 4.69) is 26.7 Å². The second-order valence-electron chi connectivity index (χ2n) is 6.11. The number of aliphatic hydroxyl groups excluding tert-OH is 1. The molecule has 0 saturated carbocycles. The van der Waals surface area contributed by atoms with Crippen molar-refractivity contribution in [2.45, 2.75) is 32.2 Å². The minimum Gasteiger partial charge on any atom is -0.509 e. The van der Waals surface area contributed by atoms with E-state index in [-0.39, 0.29) is 11.3 Å². The van der Waals surface area contributed by atoms with Crippen LogP contribution in [0.2, 0.25) is 0 Å². The molecule has 0 aromatic heterocycles. The molecule has 2 amide bonds. The summed E-state index contributed by atoms with van der Waals surface area (Å²) < 4.78 is 0.932. The number of carbonyl (C=O) groups is 2. The zero-order valence-electron chi connectivity index (χ0n) is 12.9. The van der Waals surface area contributed by atoms with E-state index in [1.54, 1.807) is 17.1 Å². The van der Waals surface area contributed by atoms with Gasteiger partial charge in [0.05, 0.1) is 5.54 Å². The van der Waals surface area contributed by atoms with Crippen molar-refractivity contribution >= 4 is 33.4 Å². The summed E-state index contributed by atoms with van der Waals surface area (Å²) >= 11 is 3.40. The number of carbonyl (C=O) groups excluding carboxylic acids is 2. The molecule has 23 heavy (non-hydrogen) atoms. The molecule has 0 aliphatic carbocycles. The first-order valence-corrected chi connectivity index (χ1v) is 8.22. The highest BCUT2D eigenvalue weighted by Crippen LogP contribution is 2.37. The number of rotatable bonds is 2. The average molecular weight is 380 g/mol. The summed E-state index contributed by atoms with van der Waals surface area (Å²) in [5.74, 6) is -1.34. The van der Waals surface area contributed by atoms with Crippen molar-refractivity contribution in [1.82, 2.24) is 10.4 Å². The van der Waals surface area contributed by atoms with E-state index in [0.717, 1.165) is 16.5 Å². The van der Waals surface area contributed by atoms with Crippen molar-refractivity contribution < 1.29 is 14.7 Å². The van der Waals surface area contributed by atoms with Crippen LogP contribution in [0.4, 0.5) is 5.69 Å². The quantitative estimate of drug-likeness (QED) is 0.689. The van der Waals surface area contributed by atoms with E-state index in [0.29, 0.717) is 18.7 Å². The monoisotopic (exact) mass is 379 g/mol. The molecule has 0 bridgehead atoms. The lowest BCUT2D eigenvalue weighted by Gasteiger charge is -2.39. The molecule has 0 radical (unpaired) electrons. The van der Waals surface area contributed by atoms with E-state index in [1.807, 2.05) is 19.9 Å². The van der Waals surface area contributed by atoms with Gasteiger partial charge in [-0.25, -0.2) is 5.01 Å². The fourth-order valence-corrected chi connectivity index (χ4v) is 3.32. The third kappa shape index (κ3) is 2.64. The Labute approximate surface area is 142 Å². The minimum atomic E-state index is -0.712. The van der Waals surface area contributed by atoms with E-state index in [9.17, 15) is 14.7 Å². The fourth-order valence-electron chi connectivity index (χ4n) is 3.07. The van der Waals surface area contributed by atoms with E-state index in [4.69, 9.17) is 0 Å². The van der Waals surface area contributed by atoms with Crippen LogP contribution in [-0.4, -0.2) is 34.0 Å². The number of nitrogens with one attached hydrogen (secondary N) is 2. The molecule has 1 aromatic rings. The first-order chi connectivity index (χ1) is 10.8. The second-order valence-corrected chi connectivity index (χ2v) is 6.97. The summed E-state index contributed by atoms with van der Waals surface area (Å²) in [5.41, 5.74) is 3.30. The highest BCUT2D eigenvalue weighted by Gasteiger charge is 2.48. The van der Waals surface area contributed by atoms with Gasteiger partial charge in [0.2, 0.25) is 0 Å². The summed E-state index contributed by atoms with van der Waals surface area (Å²) in [7, 11) is 0. The molecule has 3 N–H and O–H groups in total. The molecule has 2 aliphatic rings. The lowest BCUT2D eigenvalue weighted by molar-refractivity contribution is -0.129. The topological polar surface area (TPSA) is 81.7 Å². The number of hydrogen-bond donors (Lipinski definition) is 3.